The van der Waals surface area contributed by atoms with Crippen molar-refractivity contribution < 1.29 is 19.3 Å². The quantitative estimate of drug-likeness (QED) is 0.561. The molecule has 0 bridgehead atoms. The Labute approximate surface area is 171 Å². The number of nitrogens with one attached hydrogen (secondary N) is 1. The molecule has 29 heavy (non-hydrogen) atoms. The molecule has 0 aromatic heterocycles. The summed E-state index contributed by atoms with van der Waals surface area (Å²) in [7, 11) is 4.82. The summed E-state index contributed by atoms with van der Waals surface area (Å²) in [4.78, 5) is 0. The highest BCUT2D eigenvalue weighted by atomic mass is 16.5. The lowest BCUT2D eigenvalue weighted by Crippen LogP contribution is -2.23. The van der Waals surface area contributed by atoms with Crippen molar-refractivity contribution in [2.45, 2.75) is 19.0 Å². The summed E-state index contributed by atoms with van der Waals surface area (Å²) in [6, 6.07) is 21.9. The first-order valence-electron chi connectivity index (χ1n) is 9.49. The second kappa shape index (κ2) is 9.85. The van der Waals surface area contributed by atoms with E-state index in [1.807, 2.05) is 36.4 Å². The van der Waals surface area contributed by atoms with Crippen LogP contribution in [0.25, 0.3) is 0 Å². The SMILES string of the molecule is COc1ccc(CNC(Cc2ccc(OC)c(OC)c2)c2ccccc2)cc1O. The first-order valence-corrected chi connectivity index (χ1v) is 9.49. The molecular formula is C24H27NO4. The van der Waals surface area contributed by atoms with Gasteiger partial charge in [0.15, 0.2) is 23.0 Å². The molecular weight excluding hydrogens is 366 g/mol. The number of phenolic OH excluding ortho intramolecular Hbond substituents is 1. The summed E-state index contributed by atoms with van der Waals surface area (Å²) in [5, 5.41) is 13.6. The highest BCUT2D eigenvalue weighted by molar-refractivity contribution is 5.44. The molecule has 0 fully saturated rings. The van der Waals surface area contributed by atoms with Crippen LogP contribution in [0.2, 0.25) is 0 Å². The molecule has 1 atom stereocenters. The normalized spacial score (nSPS) is 11.7. The van der Waals surface area contributed by atoms with E-state index >= 15 is 0 Å². The molecule has 3 aromatic carbocycles. The molecule has 0 heterocycles. The van der Waals surface area contributed by atoms with E-state index in [1.165, 1.54) is 5.56 Å². The van der Waals surface area contributed by atoms with Crippen LogP contribution < -0.4 is 19.5 Å². The van der Waals surface area contributed by atoms with Gasteiger partial charge in [-0.1, -0.05) is 42.5 Å². The summed E-state index contributed by atoms with van der Waals surface area (Å²) in [6.07, 6.45) is 0.784. The second-order valence-electron chi connectivity index (χ2n) is 6.74. The Morgan fingerprint density at radius 2 is 1.41 bits per heavy atom. The van der Waals surface area contributed by atoms with Gasteiger partial charge in [-0.3, -0.25) is 0 Å². The van der Waals surface area contributed by atoms with Crippen LogP contribution in [0.1, 0.15) is 22.7 Å². The molecule has 5 heteroatoms. The van der Waals surface area contributed by atoms with Gasteiger partial charge in [0.25, 0.3) is 0 Å². The van der Waals surface area contributed by atoms with E-state index in [-0.39, 0.29) is 11.8 Å². The van der Waals surface area contributed by atoms with E-state index in [4.69, 9.17) is 14.2 Å². The molecule has 3 aromatic rings. The van der Waals surface area contributed by atoms with Gasteiger partial charge in [0.1, 0.15) is 0 Å². The number of ether oxygens (including phenoxy) is 3. The molecule has 5 nitrogen and oxygen atoms in total. The van der Waals surface area contributed by atoms with Gasteiger partial charge in [-0.15, -0.1) is 0 Å². The molecule has 0 aliphatic carbocycles. The van der Waals surface area contributed by atoms with Crippen LogP contribution >= 0.6 is 0 Å². The van der Waals surface area contributed by atoms with Crippen LogP contribution in [-0.2, 0) is 13.0 Å². The van der Waals surface area contributed by atoms with E-state index in [9.17, 15) is 5.11 Å². The van der Waals surface area contributed by atoms with E-state index in [0.717, 1.165) is 23.3 Å². The minimum absolute atomic E-state index is 0.0959. The van der Waals surface area contributed by atoms with Crippen LogP contribution in [0.15, 0.2) is 66.7 Å². The summed E-state index contributed by atoms with van der Waals surface area (Å²) in [5.41, 5.74) is 3.32. The minimum Gasteiger partial charge on any atom is -0.504 e. The van der Waals surface area contributed by atoms with Crippen LogP contribution in [0.3, 0.4) is 0 Å². The van der Waals surface area contributed by atoms with Crippen molar-refractivity contribution >= 4 is 0 Å². The summed E-state index contributed by atoms with van der Waals surface area (Å²) < 4.78 is 15.9. The lowest BCUT2D eigenvalue weighted by Gasteiger charge is -2.20. The van der Waals surface area contributed by atoms with Crippen molar-refractivity contribution in [3.05, 3.63) is 83.4 Å². The monoisotopic (exact) mass is 393 g/mol. The number of benzene rings is 3. The number of aromatic hydroxyl groups is 1. The maximum atomic E-state index is 10.0. The van der Waals surface area contributed by atoms with Gasteiger partial charge in [-0.05, 0) is 47.4 Å². The summed E-state index contributed by atoms with van der Waals surface area (Å²) in [6.45, 7) is 0.615. The third kappa shape index (κ3) is 5.21. The molecule has 2 N–H and O–H groups in total. The van der Waals surface area contributed by atoms with Crippen LogP contribution in [0.4, 0.5) is 0 Å². The zero-order valence-electron chi connectivity index (χ0n) is 17.0. The standard InChI is InChI=1S/C24H27NO4/c1-27-22-11-10-18(14-21(22)26)16-25-20(19-7-5-4-6-8-19)13-17-9-12-23(28-2)24(15-17)29-3/h4-12,14-15,20,25-26H,13,16H2,1-3H3. The van der Waals surface area contributed by atoms with Gasteiger partial charge in [0.2, 0.25) is 0 Å². The van der Waals surface area contributed by atoms with Crippen molar-refractivity contribution in [3.63, 3.8) is 0 Å². The fourth-order valence-corrected chi connectivity index (χ4v) is 3.32. The van der Waals surface area contributed by atoms with E-state index in [1.54, 1.807) is 33.5 Å². The zero-order chi connectivity index (χ0) is 20.6. The molecule has 152 valence electrons. The summed E-state index contributed by atoms with van der Waals surface area (Å²) >= 11 is 0. The molecule has 0 spiro atoms. The van der Waals surface area contributed by atoms with Crippen LogP contribution in [-0.4, -0.2) is 26.4 Å². The fraction of sp³-hybridized carbons (Fsp3) is 0.250. The minimum atomic E-state index is 0.0959. The van der Waals surface area contributed by atoms with Gasteiger partial charge in [0, 0.05) is 12.6 Å². The fourth-order valence-electron chi connectivity index (χ4n) is 3.32. The second-order valence-corrected chi connectivity index (χ2v) is 6.74. The molecule has 3 rings (SSSR count). The Morgan fingerprint density at radius 3 is 2.07 bits per heavy atom. The van der Waals surface area contributed by atoms with Gasteiger partial charge in [-0.2, -0.15) is 0 Å². The topological polar surface area (TPSA) is 60.0 Å². The van der Waals surface area contributed by atoms with Gasteiger partial charge >= 0.3 is 0 Å². The Kier molecular flexibility index (Phi) is 6.98. The molecule has 0 radical (unpaired) electrons. The highest BCUT2D eigenvalue weighted by Crippen LogP contribution is 2.30. The maximum absolute atomic E-state index is 10.0. The molecule has 0 saturated carbocycles. The summed E-state index contributed by atoms with van der Waals surface area (Å²) in [5.74, 6) is 2.05. The van der Waals surface area contributed by atoms with Crippen molar-refractivity contribution in [2.24, 2.45) is 0 Å². The predicted octanol–water partition coefficient (Wildman–Crippen LogP) is 4.49. The highest BCUT2D eigenvalue weighted by Gasteiger charge is 2.14. The third-order valence-electron chi connectivity index (χ3n) is 4.89. The average molecular weight is 393 g/mol. The Morgan fingerprint density at radius 1 is 0.759 bits per heavy atom. The largest absolute Gasteiger partial charge is 0.504 e. The number of rotatable bonds is 9. The number of hydrogen-bond acceptors (Lipinski definition) is 5. The van der Waals surface area contributed by atoms with Crippen LogP contribution in [0.5, 0.6) is 23.0 Å². The Hall–Kier alpha value is -3.18. The van der Waals surface area contributed by atoms with Gasteiger partial charge in [-0.25, -0.2) is 0 Å². The van der Waals surface area contributed by atoms with E-state index in [2.05, 4.69) is 23.5 Å². The average Bonchev–Trinajstić information content (AvgIpc) is 2.77. The number of hydrogen-bond donors (Lipinski definition) is 2. The van der Waals surface area contributed by atoms with Crippen molar-refractivity contribution in [2.75, 3.05) is 21.3 Å². The van der Waals surface area contributed by atoms with Crippen molar-refractivity contribution in [1.82, 2.24) is 5.32 Å². The smallest absolute Gasteiger partial charge is 0.160 e. The predicted molar refractivity (Wildman–Crippen MR) is 114 cm³/mol. The molecule has 1 unspecified atom stereocenters. The van der Waals surface area contributed by atoms with E-state index in [0.29, 0.717) is 18.0 Å². The van der Waals surface area contributed by atoms with Crippen molar-refractivity contribution in [1.29, 1.82) is 0 Å². The van der Waals surface area contributed by atoms with Crippen LogP contribution in [0, 0.1) is 0 Å². The Bertz CT molecular complexity index is 927. The molecule has 0 aliphatic rings. The first-order chi connectivity index (χ1) is 14.1. The van der Waals surface area contributed by atoms with E-state index < -0.39 is 0 Å². The molecule has 0 aliphatic heterocycles. The zero-order valence-corrected chi connectivity index (χ0v) is 17.0. The lowest BCUT2D eigenvalue weighted by atomic mass is 9.98. The number of methoxy groups -OCH3 is 3. The molecule has 0 saturated heterocycles. The molecule has 0 amide bonds. The lowest BCUT2D eigenvalue weighted by molar-refractivity contribution is 0.354. The van der Waals surface area contributed by atoms with Crippen molar-refractivity contribution in [3.8, 4) is 23.0 Å². The van der Waals surface area contributed by atoms with Gasteiger partial charge in [0.05, 0.1) is 21.3 Å². The first kappa shape index (κ1) is 20.6. The van der Waals surface area contributed by atoms with Gasteiger partial charge < -0.3 is 24.6 Å². The third-order valence-corrected chi connectivity index (χ3v) is 4.89. The number of phenols is 1. The Balaban J connectivity index is 1.79. The maximum Gasteiger partial charge on any atom is 0.160 e.